The highest BCUT2D eigenvalue weighted by Crippen LogP contribution is 2.35. The minimum absolute atomic E-state index is 0.0487. The molecule has 0 fully saturated rings. The molecule has 0 atom stereocenters. The zero-order valence-corrected chi connectivity index (χ0v) is 9.67. The number of hydrogen-bond acceptors (Lipinski definition) is 2. The van der Waals surface area contributed by atoms with Gasteiger partial charge in [-0.25, -0.2) is 4.39 Å². The fourth-order valence-corrected chi connectivity index (χ4v) is 2.91. The molecule has 1 nitrogen and oxygen atoms in total. The SMILES string of the molecule is Oc1ccc(-c2cc3ccccc3s2)c(F)c1. The van der Waals surface area contributed by atoms with Crippen LogP contribution in [0, 0.1) is 5.82 Å². The van der Waals surface area contributed by atoms with Gasteiger partial charge in [0.1, 0.15) is 11.6 Å². The van der Waals surface area contributed by atoms with Crippen LogP contribution in [-0.2, 0) is 0 Å². The Hall–Kier alpha value is -1.87. The first-order chi connectivity index (χ1) is 8.24. The molecule has 3 heteroatoms. The van der Waals surface area contributed by atoms with Crippen molar-refractivity contribution in [2.75, 3.05) is 0 Å². The number of phenolic OH excluding ortho intramolecular Hbond substituents is 1. The molecular weight excluding hydrogens is 235 g/mol. The Morgan fingerprint density at radius 1 is 1.00 bits per heavy atom. The lowest BCUT2D eigenvalue weighted by Crippen LogP contribution is -1.79. The van der Waals surface area contributed by atoms with E-state index < -0.39 is 5.82 Å². The molecule has 0 saturated heterocycles. The Balaban J connectivity index is 2.20. The van der Waals surface area contributed by atoms with Crippen molar-refractivity contribution in [1.29, 1.82) is 0 Å². The summed E-state index contributed by atoms with van der Waals surface area (Å²) >= 11 is 1.55. The third kappa shape index (κ3) is 1.78. The van der Waals surface area contributed by atoms with Crippen LogP contribution in [0.4, 0.5) is 4.39 Å². The van der Waals surface area contributed by atoms with Gasteiger partial charge in [0.05, 0.1) is 0 Å². The van der Waals surface area contributed by atoms with Crippen molar-refractivity contribution < 1.29 is 9.50 Å². The van der Waals surface area contributed by atoms with Crippen molar-refractivity contribution in [3.8, 4) is 16.2 Å². The summed E-state index contributed by atoms with van der Waals surface area (Å²) in [6.07, 6.45) is 0. The van der Waals surface area contributed by atoms with Gasteiger partial charge in [-0.05, 0) is 29.7 Å². The Bertz CT molecular complexity index is 655. The molecule has 84 valence electrons. The van der Waals surface area contributed by atoms with Crippen LogP contribution in [0.15, 0.2) is 48.5 Å². The second-order valence-corrected chi connectivity index (χ2v) is 4.90. The van der Waals surface area contributed by atoms with Crippen LogP contribution in [0.1, 0.15) is 0 Å². The maximum Gasteiger partial charge on any atom is 0.135 e. The molecule has 0 bridgehead atoms. The van der Waals surface area contributed by atoms with E-state index in [0.717, 1.165) is 21.0 Å². The first kappa shape index (κ1) is 10.3. The summed E-state index contributed by atoms with van der Waals surface area (Å²) in [5, 5.41) is 10.3. The molecule has 1 heterocycles. The van der Waals surface area contributed by atoms with Gasteiger partial charge < -0.3 is 5.11 Å². The highest BCUT2D eigenvalue weighted by atomic mass is 32.1. The summed E-state index contributed by atoms with van der Waals surface area (Å²) in [6.45, 7) is 0. The monoisotopic (exact) mass is 244 g/mol. The number of fused-ring (bicyclic) bond motifs is 1. The average molecular weight is 244 g/mol. The number of thiophene rings is 1. The second kappa shape index (κ2) is 3.86. The van der Waals surface area contributed by atoms with Crippen molar-refractivity contribution in [3.63, 3.8) is 0 Å². The van der Waals surface area contributed by atoms with E-state index in [1.807, 2.05) is 30.3 Å². The Kier molecular flexibility index (Phi) is 2.34. The van der Waals surface area contributed by atoms with E-state index >= 15 is 0 Å². The Morgan fingerprint density at radius 3 is 2.59 bits per heavy atom. The normalized spacial score (nSPS) is 10.9. The highest BCUT2D eigenvalue weighted by molar-refractivity contribution is 7.22. The Morgan fingerprint density at radius 2 is 1.82 bits per heavy atom. The van der Waals surface area contributed by atoms with E-state index in [0.29, 0.717) is 5.56 Å². The molecule has 17 heavy (non-hydrogen) atoms. The van der Waals surface area contributed by atoms with Gasteiger partial charge in [-0.1, -0.05) is 18.2 Å². The maximum atomic E-state index is 13.7. The quantitative estimate of drug-likeness (QED) is 0.672. The number of benzene rings is 2. The van der Waals surface area contributed by atoms with Gasteiger partial charge >= 0.3 is 0 Å². The van der Waals surface area contributed by atoms with Crippen molar-refractivity contribution in [3.05, 3.63) is 54.3 Å². The van der Waals surface area contributed by atoms with Gasteiger partial charge in [0.15, 0.2) is 0 Å². The van der Waals surface area contributed by atoms with Crippen LogP contribution >= 0.6 is 11.3 Å². The van der Waals surface area contributed by atoms with E-state index in [9.17, 15) is 9.50 Å². The second-order valence-electron chi connectivity index (χ2n) is 3.81. The van der Waals surface area contributed by atoms with Gasteiger partial charge in [0.25, 0.3) is 0 Å². The topological polar surface area (TPSA) is 20.2 Å². The molecule has 3 rings (SSSR count). The zero-order chi connectivity index (χ0) is 11.8. The smallest absolute Gasteiger partial charge is 0.135 e. The molecule has 0 aliphatic carbocycles. The fraction of sp³-hybridized carbons (Fsp3) is 0. The summed E-state index contributed by atoms with van der Waals surface area (Å²) in [4.78, 5) is 0.878. The fourth-order valence-electron chi connectivity index (χ4n) is 1.82. The number of phenols is 1. The van der Waals surface area contributed by atoms with Crippen LogP contribution < -0.4 is 0 Å². The summed E-state index contributed by atoms with van der Waals surface area (Å²) in [5.74, 6) is -0.441. The molecule has 3 aromatic rings. The number of rotatable bonds is 1. The van der Waals surface area contributed by atoms with E-state index in [1.54, 1.807) is 17.4 Å². The van der Waals surface area contributed by atoms with Crippen LogP contribution in [0.25, 0.3) is 20.5 Å². The molecule has 1 N–H and O–H groups in total. The van der Waals surface area contributed by atoms with Crippen LogP contribution in [-0.4, -0.2) is 5.11 Å². The largest absolute Gasteiger partial charge is 0.508 e. The lowest BCUT2D eigenvalue weighted by Gasteiger charge is -1.99. The highest BCUT2D eigenvalue weighted by Gasteiger charge is 2.09. The predicted molar refractivity (Wildman–Crippen MR) is 68.9 cm³/mol. The van der Waals surface area contributed by atoms with Crippen molar-refractivity contribution >= 4 is 21.4 Å². The van der Waals surface area contributed by atoms with E-state index in [4.69, 9.17) is 0 Å². The van der Waals surface area contributed by atoms with E-state index in [-0.39, 0.29) is 5.75 Å². The van der Waals surface area contributed by atoms with Gasteiger partial charge in [0.2, 0.25) is 0 Å². The summed E-state index contributed by atoms with van der Waals surface area (Å²) in [5.41, 5.74) is 0.531. The van der Waals surface area contributed by atoms with Crippen LogP contribution in [0.5, 0.6) is 5.75 Å². The molecule has 0 aliphatic heterocycles. The first-order valence-electron chi connectivity index (χ1n) is 5.21. The summed E-state index contributed by atoms with van der Waals surface area (Å²) in [6, 6.07) is 14.2. The molecule has 0 amide bonds. The third-order valence-electron chi connectivity index (χ3n) is 2.64. The van der Waals surface area contributed by atoms with Gasteiger partial charge in [0, 0.05) is 21.2 Å². The predicted octanol–water partition coefficient (Wildman–Crippen LogP) is 4.41. The molecule has 0 spiro atoms. The lowest BCUT2D eigenvalue weighted by molar-refractivity contribution is 0.469. The van der Waals surface area contributed by atoms with Crippen molar-refractivity contribution in [2.24, 2.45) is 0 Å². The summed E-state index contributed by atoms with van der Waals surface area (Å²) in [7, 11) is 0. The minimum Gasteiger partial charge on any atom is -0.508 e. The molecule has 0 unspecified atom stereocenters. The molecule has 0 aliphatic rings. The van der Waals surface area contributed by atoms with Crippen molar-refractivity contribution in [1.82, 2.24) is 0 Å². The number of halogens is 1. The molecular formula is C14H9FOS. The third-order valence-corrected chi connectivity index (χ3v) is 3.79. The molecule has 2 aromatic carbocycles. The van der Waals surface area contributed by atoms with E-state index in [2.05, 4.69) is 0 Å². The van der Waals surface area contributed by atoms with Gasteiger partial charge in [-0.2, -0.15) is 0 Å². The molecule has 1 aromatic heterocycles. The standard InChI is InChI=1S/C14H9FOS/c15-12-8-10(16)5-6-11(12)14-7-9-3-1-2-4-13(9)17-14/h1-8,16H. The van der Waals surface area contributed by atoms with Crippen LogP contribution in [0.3, 0.4) is 0 Å². The molecule has 0 saturated carbocycles. The summed E-state index contributed by atoms with van der Waals surface area (Å²) < 4.78 is 14.8. The van der Waals surface area contributed by atoms with Crippen LogP contribution in [0.2, 0.25) is 0 Å². The average Bonchev–Trinajstić information content (AvgIpc) is 2.72. The lowest BCUT2D eigenvalue weighted by atomic mass is 10.1. The number of hydrogen-bond donors (Lipinski definition) is 1. The van der Waals surface area contributed by atoms with Gasteiger partial charge in [-0.15, -0.1) is 11.3 Å². The first-order valence-corrected chi connectivity index (χ1v) is 6.03. The Labute approximate surface area is 102 Å². The maximum absolute atomic E-state index is 13.7. The van der Waals surface area contributed by atoms with Gasteiger partial charge in [-0.3, -0.25) is 0 Å². The van der Waals surface area contributed by atoms with E-state index in [1.165, 1.54) is 6.07 Å². The van der Waals surface area contributed by atoms with Crippen molar-refractivity contribution in [2.45, 2.75) is 0 Å². The zero-order valence-electron chi connectivity index (χ0n) is 8.85. The molecule has 0 radical (unpaired) electrons. The number of aromatic hydroxyl groups is 1. The minimum atomic E-state index is -0.392.